The predicted octanol–water partition coefficient (Wildman–Crippen LogP) is 1.70. The number of nitrogens with one attached hydrogen (secondary N) is 2. The van der Waals surface area contributed by atoms with Crippen LogP contribution in [0.15, 0.2) is 11.4 Å². The summed E-state index contributed by atoms with van der Waals surface area (Å²) in [6.07, 6.45) is 0.814. The smallest absolute Gasteiger partial charge is 0.349 e. The van der Waals surface area contributed by atoms with Crippen LogP contribution in [-0.4, -0.2) is 36.2 Å². The van der Waals surface area contributed by atoms with E-state index in [1.165, 1.54) is 6.07 Å². The molecule has 8 heteroatoms. The maximum absolute atomic E-state index is 11.5. The first-order valence-corrected chi connectivity index (χ1v) is 7.29. The summed E-state index contributed by atoms with van der Waals surface area (Å²) >= 11 is 1.00. The van der Waals surface area contributed by atoms with Crippen LogP contribution in [0.3, 0.4) is 0 Å². The molecule has 0 aliphatic rings. The number of amides is 3. The molecule has 1 aromatic heterocycles. The molecule has 3 amide bonds. The van der Waals surface area contributed by atoms with Crippen LogP contribution in [0.2, 0.25) is 0 Å². The van der Waals surface area contributed by atoms with E-state index >= 15 is 0 Å². The second-order valence-electron chi connectivity index (χ2n) is 4.69. The summed E-state index contributed by atoms with van der Waals surface area (Å²) < 4.78 is 5.08. The van der Waals surface area contributed by atoms with Crippen molar-refractivity contribution in [1.82, 2.24) is 10.6 Å². The number of hydrogen-bond acceptors (Lipinski definition) is 5. The number of hydrogen-bond donors (Lipinski definition) is 3. The molecule has 0 saturated carbocycles. The Hall–Kier alpha value is -2.09. The number of thiophene rings is 1. The van der Waals surface area contributed by atoms with Crippen molar-refractivity contribution in [2.75, 3.05) is 13.2 Å². The van der Waals surface area contributed by atoms with Crippen LogP contribution in [-0.2, 0) is 4.79 Å². The fourth-order valence-corrected chi connectivity index (χ4v) is 2.06. The molecule has 7 nitrogen and oxygen atoms in total. The van der Waals surface area contributed by atoms with Crippen molar-refractivity contribution in [2.24, 2.45) is 5.92 Å². The minimum absolute atomic E-state index is 0.0178. The van der Waals surface area contributed by atoms with Gasteiger partial charge >= 0.3 is 12.0 Å². The molecule has 21 heavy (non-hydrogen) atoms. The molecule has 0 fully saturated rings. The molecule has 3 N–H and O–H groups in total. The van der Waals surface area contributed by atoms with E-state index < -0.39 is 24.5 Å². The summed E-state index contributed by atoms with van der Waals surface area (Å²) in [5.74, 6) is -1.19. The van der Waals surface area contributed by atoms with Gasteiger partial charge in [0.1, 0.15) is 5.75 Å². The number of carboxylic acid groups (broad SMARTS) is 1. The van der Waals surface area contributed by atoms with Gasteiger partial charge in [0.2, 0.25) is 0 Å². The number of carboxylic acids is 1. The van der Waals surface area contributed by atoms with Crippen LogP contribution in [0.25, 0.3) is 0 Å². The molecule has 0 bridgehead atoms. The number of ether oxygens (including phenoxy) is 1. The van der Waals surface area contributed by atoms with Gasteiger partial charge < -0.3 is 15.2 Å². The molecule has 0 aliphatic carbocycles. The SMILES string of the molecule is CC(C)CCNC(=O)NC(=O)COc1ccsc1C(=O)O. The normalized spacial score (nSPS) is 10.2. The van der Waals surface area contributed by atoms with Crippen molar-refractivity contribution in [2.45, 2.75) is 20.3 Å². The Kier molecular flexibility index (Phi) is 6.67. The van der Waals surface area contributed by atoms with Crippen LogP contribution in [0.1, 0.15) is 29.9 Å². The fraction of sp³-hybridized carbons (Fsp3) is 0.462. The predicted molar refractivity (Wildman–Crippen MR) is 77.8 cm³/mol. The molecular formula is C13H18N2O5S. The van der Waals surface area contributed by atoms with Gasteiger partial charge in [-0.1, -0.05) is 13.8 Å². The average Bonchev–Trinajstić information content (AvgIpc) is 2.84. The second kappa shape index (κ2) is 8.25. The Balaban J connectivity index is 2.32. The molecule has 116 valence electrons. The van der Waals surface area contributed by atoms with Crippen molar-refractivity contribution >= 4 is 29.2 Å². The van der Waals surface area contributed by atoms with Crippen molar-refractivity contribution in [1.29, 1.82) is 0 Å². The van der Waals surface area contributed by atoms with Gasteiger partial charge in [0.05, 0.1) is 0 Å². The van der Waals surface area contributed by atoms with E-state index in [1.54, 1.807) is 5.38 Å². The van der Waals surface area contributed by atoms with E-state index in [0.717, 1.165) is 17.8 Å². The summed E-state index contributed by atoms with van der Waals surface area (Å²) in [7, 11) is 0. The van der Waals surface area contributed by atoms with Crippen LogP contribution >= 0.6 is 11.3 Å². The Morgan fingerprint density at radius 3 is 2.71 bits per heavy atom. The molecule has 1 rings (SSSR count). The Bertz CT molecular complexity index is 512. The quantitative estimate of drug-likeness (QED) is 0.710. The van der Waals surface area contributed by atoms with Crippen molar-refractivity contribution in [3.8, 4) is 5.75 Å². The number of rotatable bonds is 7. The van der Waals surface area contributed by atoms with E-state index in [4.69, 9.17) is 9.84 Å². The third-order valence-electron chi connectivity index (χ3n) is 2.44. The molecule has 0 aromatic carbocycles. The number of carbonyl (C=O) groups is 3. The first kappa shape index (κ1) is 17.0. The highest BCUT2D eigenvalue weighted by molar-refractivity contribution is 7.12. The average molecular weight is 314 g/mol. The molecule has 0 unspecified atom stereocenters. The number of carbonyl (C=O) groups excluding carboxylic acids is 2. The van der Waals surface area contributed by atoms with Crippen LogP contribution < -0.4 is 15.4 Å². The summed E-state index contributed by atoms with van der Waals surface area (Å²) in [6.45, 7) is 4.11. The van der Waals surface area contributed by atoms with Gasteiger partial charge in [-0.05, 0) is 23.8 Å². The molecule has 0 radical (unpaired) electrons. The Morgan fingerprint density at radius 1 is 1.38 bits per heavy atom. The maximum Gasteiger partial charge on any atom is 0.349 e. The van der Waals surface area contributed by atoms with Crippen molar-refractivity contribution in [3.63, 3.8) is 0 Å². The van der Waals surface area contributed by atoms with Crippen molar-refractivity contribution < 1.29 is 24.2 Å². The van der Waals surface area contributed by atoms with E-state index in [0.29, 0.717) is 12.5 Å². The Labute approximate surface area is 126 Å². The first-order chi connectivity index (χ1) is 9.90. The Morgan fingerprint density at radius 2 is 2.10 bits per heavy atom. The van der Waals surface area contributed by atoms with E-state index in [2.05, 4.69) is 10.6 Å². The lowest BCUT2D eigenvalue weighted by Crippen LogP contribution is -2.42. The highest BCUT2D eigenvalue weighted by atomic mass is 32.1. The lowest BCUT2D eigenvalue weighted by molar-refractivity contribution is -0.122. The van der Waals surface area contributed by atoms with Gasteiger partial charge in [0.15, 0.2) is 11.5 Å². The monoisotopic (exact) mass is 314 g/mol. The largest absolute Gasteiger partial charge is 0.482 e. The third kappa shape index (κ3) is 6.26. The third-order valence-corrected chi connectivity index (χ3v) is 3.33. The van der Waals surface area contributed by atoms with E-state index in [9.17, 15) is 14.4 Å². The van der Waals surface area contributed by atoms with Crippen molar-refractivity contribution in [3.05, 3.63) is 16.3 Å². The standard InChI is InChI=1S/C13H18N2O5S/c1-8(2)3-5-14-13(19)15-10(16)7-20-9-4-6-21-11(9)12(17)18/h4,6,8H,3,5,7H2,1-2H3,(H,17,18)(H2,14,15,16,19). The molecule has 0 atom stereocenters. The molecule has 0 aliphatic heterocycles. The minimum atomic E-state index is -1.12. The zero-order chi connectivity index (χ0) is 15.8. The van der Waals surface area contributed by atoms with E-state index in [-0.39, 0.29) is 10.6 Å². The highest BCUT2D eigenvalue weighted by Gasteiger charge is 2.15. The van der Waals surface area contributed by atoms with Gasteiger partial charge in [-0.25, -0.2) is 9.59 Å². The number of aromatic carboxylic acids is 1. The molecular weight excluding hydrogens is 296 g/mol. The van der Waals surface area contributed by atoms with E-state index in [1.807, 2.05) is 13.8 Å². The lowest BCUT2D eigenvalue weighted by atomic mass is 10.1. The topological polar surface area (TPSA) is 105 Å². The van der Waals surface area contributed by atoms with Gasteiger partial charge in [-0.15, -0.1) is 11.3 Å². The van der Waals surface area contributed by atoms with Crippen LogP contribution in [0, 0.1) is 5.92 Å². The zero-order valence-electron chi connectivity index (χ0n) is 11.8. The summed E-state index contributed by atoms with van der Waals surface area (Å²) in [5.41, 5.74) is 0. The second-order valence-corrected chi connectivity index (χ2v) is 5.61. The van der Waals surface area contributed by atoms with Gasteiger partial charge in [-0.2, -0.15) is 0 Å². The maximum atomic E-state index is 11.5. The van der Waals surface area contributed by atoms with Crippen LogP contribution in [0.4, 0.5) is 4.79 Å². The molecule has 1 heterocycles. The minimum Gasteiger partial charge on any atom is -0.482 e. The first-order valence-electron chi connectivity index (χ1n) is 6.41. The summed E-state index contributed by atoms with van der Waals surface area (Å²) in [5, 5.41) is 15.1. The zero-order valence-corrected chi connectivity index (χ0v) is 12.7. The summed E-state index contributed by atoms with van der Waals surface area (Å²) in [6, 6.07) is 0.873. The van der Waals surface area contributed by atoms with Gasteiger partial charge in [0.25, 0.3) is 5.91 Å². The van der Waals surface area contributed by atoms with Crippen LogP contribution in [0.5, 0.6) is 5.75 Å². The summed E-state index contributed by atoms with van der Waals surface area (Å²) in [4.78, 5) is 33.7. The molecule has 0 saturated heterocycles. The number of urea groups is 1. The highest BCUT2D eigenvalue weighted by Crippen LogP contribution is 2.24. The molecule has 1 aromatic rings. The fourth-order valence-electron chi connectivity index (χ4n) is 1.39. The molecule has 0 spiro atoms. The van der Waals surface area contributed by atoms with Gasteiger partial charge in [-0.3, -0.25) is 10.1 Å². The number of imide groups is 1. The lowest BCUT2D eigenvalue weighted by Gasteiger charge is -2.09. The van der Waals surface area contributed by atoms with Gasteiger partial charge in [0, 0.05) is 6.54 Å².